The van der Waals surface area contributed by atoms with Crippen LogP contribution in [0.2, 0.25) is 0 Å². The third kappa shape index (κ3) is 2.71. The third-order valence-electron chi connectivity index (χ3n) is 3.87. The van der Waals surface area contributed by atoms with Gasteiger partial charge in [-0.2, -0.15) is 4.72 Å². The van der Waals surface area contributed by atoms with Crippen LogP contribution in [0, 0.1) is 5.82 Å². The van der Waals surface area contributed by atoms with Gasteiger partial charge in [0.2, 0.25) is 10.0 Å². The molecule has 21 heavy (non-hydrogen) atoms. The molecule has 0 spiro atoms. The predicted molar refractivity (Wildman–Crippen MR) is 76.5 cm³/mol. The molecule has 0 saturated heterocycles. The van der Waals surface area contributed by atoms with E-state index in [0.29, 0.717) is 24.2 Å². The molecular weight excluding hydrogens is 293 g/mol. The van der Waals surface area contributed by atoms with Gasteiger partial charge in [0.15, 0.2) is 0 Å². The van der Waals surface area contributed by atoms with Crippen LogP contribution >= 0.6 is 0 Å². The van der Waals surface area contributed by atoms with Gasteiger partial charge in [0.1, 0.15) is 17.7 Å². The van der Waals surface area contributed by atoms with Gasteiger partial charge in [0.25, 0.3) is 0 Å². The van der Waals surface area contributed by atoms with E-state index in [4.69, 9.17) is 0 Å². The van der Waals surface area contributed by atoms with Crippen molar-refractivity contribution in [3.63, 3.8) is 0 Å². The van der Waals surface area contributed by atoms with E-state index in [1.165, 1.54) is 12.1 Å². The number of rotatable bonds is 5. The number of aromatic amines is 1. The Hall–Kier alpha value is -1.73. The highest BCUT2D eigenvalue weighted by Crippen LogP contribution is 2.43. The Morgan fingerprint density at radius 3 is 2.52 bits per heavy atom. The van der Waals surface area contributed by atoms with Gasteiger partial charge in [-0.15, -0.1) is 0 Å². The quantitative estimate of drug-likeness (QED) is 0.888. The zero-order chi connectivity index (χ0) is 15.1. The smallest absolute Gasteiger partial charge is 0.218 e. The van der Waals surface area contributed by atoms with E-state index < -0.39 is 20.8 Å². The highest BCUT2D eigenvalue weighted by molar-refractivity contribution is 7.91. The Balaban J connectivity index is 1.96. The third-order valence-corrected chi connectivity index (χ3v) is 6.12. The van der Waals surface area contributed by atoms with Gasteiger partial charge in [-0.25, -0.2) is 17.8 Å². The molecule has 0 radical (unpaired) electrons. The van der Waals surface area contributed by atoms with Crippen molar-refractivity contribution in [2.24, 2.45) is 0 Å². The molecule has 1 aromatic carbocycles. The van der Waals surface area contributed by atoms with Crippen molar-refractivity contribution in [3.05, 3.63) is 53.9 Å². The lowest BCUT2D eigenvalue weighted by molar-refractivity contribution is 0.553. The number of H-pyrrole nitrogens is 1. The van der Waals surface area contributed by atoms with E-state index >= 15 is 0 Å². The summed E-state index contributed by atoms with van der Waals surface area (Å²) in [4.78, 5) is 7.04. The zero-order valence-electron chi connectivity index (χ0n) is 11.5. The van der Waals surface area contributed by atoms with Gasteiger partial charge in [0.05, 0.1) is 4.75 Å². The van der Waals surface area contributed by atoms with Crippen molar-refractivity contribution in [1.82, 2.24) is 14.7 Å². The standard InChI is InChI=1S/C14H16FN3O2S/c1-14(6-7-14)21(19,20)18-12(13-16-8-9-17-13)10-2-4-11(15)5-3-10/h2-5,8-9,12,18H,6-7H2,1H3,(H,16,17)/t12-/m0/s1. The van der Waals surface area contributed by atoms with E-state index in [1.807, 2.05) is 0 Å². The van der Waals surface area contributed by atoms with Crippen LogP contribution in [0.15, 0.2) is 36.7 Å². The molecule has 1 aliphatic carbocycles. The van der Waals surface area contributed by atoms with E-state index in [-0.39, 0.29) is 5.82 Å². The molecule has 1 fully saturated rings. The van der Waals surface area contributed by atoms with E-state index in [0.717, 1.165) is 0 Å². The second-order valence-corrected chi connectivity index (χ2v) is 7.76. The second-order valence-electron chi connectivity index (χ2n) is 5.53. The van der Waals surface area contributed by atoms with Crippen molar-refractivity contribution in [2.45, 2.75) is 30.6 Å². The lowest BCUT2D eigenvalue weighted by atomic mass is 10.1. The fraction of sp³-hybridized carbons (Fsp3) is 0.357. The molecule has 1 aliphatic rings. The van der Waals surface area contributed by atoms with Gasteiger partial charge in [0, 0.05) is 12.4 Å². The number of sulfonamides is 1. The Morgan fingerprint density at radius 2 is 2.00 bits per heavy atom. The van der Waals surface area contributed by atoms with Crippen LogP contribution in [0.25, 0.3) is 0 Å². The van der Waals surface area contributed by atoms with Crippen molar-refractivity contribution in [2.75, 3.05) is 0 Å². The van der Waals surface area contributed by atoms with Gasteiger partial charge < -0.3 is 4.98 Å². The van der Waals surface area contributed by atoms with Crippen LogP contribution in [0.1, 0.15) is 37.2 Å². The summed E-state index contributed by atoms with van der Waals surface area (Å²) in [7, 11) is -3.47. The van der Waals surface area contributed by atoms with Crippen molar-refractivity contribution in [1.29, 1.82) is 0 Å². The van der Waals surface area contributed by atoms with Gasteiger partial charge in [-0.3, -0.25) is 0 Å². The highest BCUT2D eigenvalue weighted by atomic mass is 32.2. The average Bonchev–Trinajstić information content (AvgIpc) is 3.01. The molecule has 1 saturated carbocycles. The van der Waals surface area contributed by atoms with Gasteiger partial charge in [-0.1, -0.05) is 12.1 Å². The lowest BCUT2D eigenvalue weighted by Crippen LogP contribution is -2.37. The van der Waals surface area contributed by atoms with Crippen LogP contribution in [0.3, 0.4) is 0 Å². The second kappa shape index (κ2) is 4.92. The molecular formula is C14H16FN3O2S. The Morgan fingerprint density at radius 1 is 1.33 bits per heavy atom. The number of nitrogens with one attached hydrogen (secondary N) is 2. The molecule has 2 aromatic rings. The Labute approximate surface area is 122 Å². The molecule has 112 valence electrons. The summed E-state index contributed by atoms with van der Waals surface area (Å²) in [5, 5.41) is 0. The molecule has 0 unspecified atom stereocenters. The molecule has 2 N–H and O–H groups in total. The van der Waals surface area contributed by atoms with Crippen LogP contribution in [-0.2, 0) is 10.0 Å². The number of benzene rings is 1. The average molecular weight is 309 g/mol. The molecule has 0 bridgehead atoms. The number of imidazole rings is 1. The molecule has 5 nitrogen and oxygen atoms in total. The highest BCUT2D eigenvalue weighted by Gasteiger charge is 2.50. The first-order valence-electron chi connectivity index (χ1n) is 6.68. The van der Waals surface area contributed by atoms with Gasteiger partial charge in [-0.05, 0) is 37.5 Å². The minimum absolute atomic E-state index is 0.367. The zero-order valence-corrected chi connectivity index (χ0v) is 12.3. The van der Waals surface area contributed by atoms with Crippen LogP contribution < -0.4 is 4.72 Å². The van der Waals surface area contributed by atoms with Gasteiger partial charge >= 0.3 is 0 Å². The van der Waals surface area contributed by atoms with Crippen molar-refractivity contribution >= 4 is 10.0 Å². The monoisotopic (exact) mass is 309 g/mol. The minimum atomic E-state index is -3.47. The predicted octanol–water partition coefficient (Wildman–Crippen LogP) is 2.11. The molecule has 3 rings (SSSR count). The minimum Gasteiger partial charge on any atom is -0.347 e. The number of aromatic nitrogens is 2. The molecule has 1 aromatic heterocycles. The Kier molecular flexibility index (Phi) is 3.33. The normalized spacial score (nSPS) is 18.4. The topological polar surface area (TPSA) is 74.8 Å². The largest absolute Gasteiger partial charge is 0.347 e. The number of hydrogen-bond acceptors (Lipinski definition) is 3. The molecule has 0 aliphatic heterocycles. The molecule has 1 heterocycles. The van der Waals surface area contributed by atoms with Crippen molar-refractivity contribution in [3.8, 4) is 0 Å². The van der Waals surface area contributed by atoms with Crippen molar-refractivity contribution < 1.29 is 12.8 Å². The van der Waals surface area contributed by atoms with Crippen LogP contribution in [0.5, 0.6) is 0 Å². The summed E-state index contributed by atoms with van der Waals surface area (Å²) in [5.41, 5.74) is 0.638. The Bertz CT molecular complexity index is 722. The fourth-order valence-corrected chi connectivity index (χ4v) is 3.60. The van der Waals surface area contributed by atoms with E-state index in [2.05, 4.69) is 14.7 Å². The number of hydrogen-bond donors (Lipinski definition) is 2. The summed E-state index contributed by atoms with van der Waals surface area (Å²) in [5.74, 6) is 0.114. The molecule has 1 atom stereocenters. The summed E-state index contributed by atoms with van der Waals surface area (Å²) < 4.78 is 39.9. The summed E-state index contributed by atoms with van der Waals surface area (Å²) in [6.45, 7) is 1.72. The first-order chi connectivity index (χ1) is 9.91. The summed E-state index contributed by atoms with van der Waals surface area (Å²) >= 11 is 0. The molecule has 7 heteroatoms. The lowest BCUT2D eigenvalue weighted by Gasteiger charge is -2.20. The first kappa shape index (κ1) is 14.2. The summed E-state index contributed by atoms with van der Waals surface area (Å²) in [6, 6.07) is 5.07. The fourth-order valence-electron chi connectivity index (χ4n) is 2.11. The summed E-state index contributed by atoms with van der Waals surface area (Å²) in [6.07, 6.45) is 4.48. The van der Waals surface area contributed by atoms with E-state index in [9.17, 15) is 12.8 Å². The number of nitrogens with zero attached hydrogens (tertiary/aromatic N) is 1. The number of halogens is 1. The first-order valence-corrected chi connectivity index (χ1v) is 8.16. The molecule has 0 amide bonds. The van der Waals surface area contributed by atoms with E-state index in [1.54, 1.807) is 31.5 Å². The SMILES string of the molecule is CC1(S(=O)(=O)N[C@@H](c2ccc(F)cc2)c2ncc[nH]2)CC1. The van der Waals surface area contributed by atoms with Crippen LogP contribution in [0.4, 0.5) is 4.39 Å². The van der Waals surface area contributed by atoms with Crippen LogP contribution in [-0.4, -0.2) is 23.1 Å². The maximum atomic E-state index is 13.1. The maximum absolute atomic E-state index is 13.1. The maximum Gasteiger partial charge on any atom is 0.218 e.